The molecule has 0 aliphatic carbocycles. The van der Waals surface area contributed by atoms with Crippen molar-refractivity contribution >= 4 is 17.6 Å². The third-order valence-electron chi connectivity index (χ3n) is 6.20. The number of nitrogen functional groups attached to an aromatic ring is 1. The normalized spacial score (nSPS) is 12.2. The van der Waals surface area contributed by atoms with Crippen molar-refractivity contribution in [1.82, 2.24) is 9.88 Å². The van der Waals surface area contributed by atoms with Crippen LogP contribution in [0.15, 0.2) is 71.7 Å². The number of primary amides is 1. The Bertz CT molecular complexity index is 1890. The lowest BCUT2D eigenvalue weighted by molar-refractivity contribution is -0.112. The number of benzene rings is 3. The number of ether oxygens (including phenoxy) is 3. The minimum Gasteiger partial charge on any atom is -0.504 e. The molecule has 0 radical (unpaired) electrons. The lowest BCUT2D eigenvalue weighted by Gasteiger charge is -2.16. The van der Waals surface area contributed by atoms with E-state index < -0.39 is 40.8 Å². The van der Waals surface area contributed by atoms with Crippen LogP contribution in [0.2, 0.25) is 0 Å². The predicted molar refractivity (Wildman–Crippen MR) is 156 cm³/mol. The molecule has 44 heavy (non-hydrogen) atoms. The van der Waals surface area contributed by atoms with Gasteiger partial charge < -0.3 is 35.7 Å². The Morgan fingerprint density at radius 2 is 1.68 bits per heavy atom. The molecule has 2 heterocycles. The first-order valence-corrected chi connectivity index (χ1v) is 13.0. The van der Waals surface area contributed by atoms with Crippen LogP contribution in [0.25, 0.3) is 0 Å². The van der Waals surface area contributed by atoms with E-state index >= 15 is 8.78 Å². The highest BCUT2D eigenvalue weighted by Crippen LogP contribution is 2.41. The summed E-state index contributed by atoms with van der Waals surface area (Å²) in [7, 11) is 1.89. The number of carbonyl (C=O) groups excluding carboxylic acids is 1. The summed E-state index contributed by atoms with van der Waals surface area (Å²) in [5.74, 6) is -1.56. The summed E-state index contributed by atoms with van der Waals surface area (Å²) in [4.78, 5) is 21.4. The number of aliphatic imine (C=N–C) groups is 1. The number of nitrogens with one attached hydrogen (secondary N) is 1. The number of aromatic nitrogens is 1. The second-order valence-electron chi connectivity index (χ2n) is 9.38. The Labute approximate surface area is 249 Å². The number of halogens is 2. The summed E-state index contributed by atoms with van der Waals surface area (Å²) in [6, 6.07) is 16.2. The first-order valence-electron chi connectivity index (χ1n) is 13.0. The number of pyridine rings is 1. The van der Waals surface area contributed by atoms with Crippen molar-refractivity contribution in [2.75, 3.05) is 20.1 Å². The van der Waals surface area contributed by atoms with Crippen LogP contribution < -0.4 is 25.7 Å². The van der Waals surface area contributed by atoms with Gasteiger partial charge in [-0.15, -0.1) is 0 Å². The molecule has 1 aromatic heterocycles. The van der Waals surface area contributed by atoms with Crippen LogP contribution in [0.3, 0.4) is 0 Å². The Kier molecular flexibility index (Phi) is 8.25. The predicted octanol–water partition coefficient (Wildman–Crippen LogP) is 4.26. The van der Waals surface area contributed by atoms with E-state index in [0.29, 0.717) is 12.1 Å². The standard InChI is InChI=1S/C31H24F2N6O5/c1-39-13-12-37-29(39)19-5-3-7-21(15-19)43-30-25(32)27(42-20-6-2-4-17(14-20)8-11-24(34)41)26(33)31(38-30)44-23-16-18(28(35)36)9-10-22(23)40/h2-7,9-10,14-16,40H,12-13H2,1H3,(H2,34,41)(H3,35,36). The number of phenols is 1. The molecule has 1 aliphatic rings. The molecule has 11 nitrogen and oxygen atoms in total. The number of phenolic OH excluding ortho intramolecular Hbond substituents is 1. The molecule has 0 bridgehead atoms. The highest BCUT2D eigenvalue weighted by molar-refractivity contribution is 6.00. The van der Waals surface area contributed by atoms with E-state index in [-0.39, 0.29) is 34.2 Å². The smallest absolute Gasteiger partial charge is 0.293 e. The molecule has 222 valence electrons. The lowest BCUT2D eigenvalue weighted by atomic mass is 10.2. The Hall–Kier alpha value is -6.16. The van der Waals surface area contributed by atoms with E-state index in [0.717, 1.165) is 12.4 Å². The summed E-state index contributed by atoms with van der Waals surface area (Å²) in [6.07, 6.45) is 0. The van der Waals surface area contributed by atoms with Crippen molar-refractivity contribution in [2.24, 2.45) is 16.5 Å². The lowest BCUT2D eigenvalue weighted by Crippen LogP contribution is -2.23. The van der Waals surface area contributed by atoms with Gasteiger partial charge >= 0.3 is 0 Å². The Morgan fingerprint density at radius 3 is 2.36 bits per heavy atom. The molecule has 0 saturated heterocycles. The van der Waals surface area contributed by atoms with Gasteiger partial charge in [0.15, 0.2) is 11.5 Å². The number of nitrogens with zero attached hydrogens (tertiary/aromatic N) is 3. The minimum absolute atomic E-state index is 0.0483. The summed E-state index contributed by atoms with van der Waals surface area (Å²) in [5, 5.41) is 18.0. The van der Waals surface area contributed by atoms with Crippen LogP contribution in [0.5, 0.6) is 40.5 Å². The summed E-state index contributed by atoms with van der Waals surface area (Å²) in [5.41, 5.74) is 11.8. The van der Waals surface area contributed by atoms with Gasteiger partial charge in [0.05, 0.1) is 6.54 Å². The topological polar surface area (TPSA) is 169 Å². The number of likely N-dealkylation sites (N-methyl/N-ethyl adjacent to an activating group) is 1. The zero-order valence-electron chi connectivity index (χ0n) is 23.1. The van der Waals surface area contributed by atoms with Crippen molar-refractivity contribution < 1.29 is 32.9 Å². The molecule has 0 saturated carbocycles. The minimum atomic E-state index is -1.37. The summed E-state index contributed by atoms with van der Waals surface area (Å²) < 4.78 is 48.6. The van der Waals surface area contributed by atoms with Crippen LogP contribution >= 0.6 is 0 Å². The second kappa shape index (κ2) is 12.4. The number of rotatable bonds is 8. The van der Waals surface area contributed by atoms with Crippen LogP contribution in [0.1, 0.15) is 16.7 Å². The fourth-order valence-corrected chi connectivity index (χ4v) is 4.12. The number of hydrogen-bond donors (Lipinski definition) is 4. The molecule has 0 unspecified atom stereocenters. The molecule has 6 N–H and O–H groups in total. The molecule has 1 amide bonds. The quantitative estimate of drug-likeness (QED) is 0.133. The number of carbonyl (C=O) groups is 1. The molecule has 13 heteroatoms. The van der Waals surface area contributed by atoms with E-state index in [9.17, 15) is 9.90 Å². The van der Waals surface area contributed by atoms with Crippen LogP contribution in [0.4, 0.5) is 8.78 Å². The SMILES string of the molecule is CN1CCN=C1c1cccc(Oc2nc(Oc3cc(C(=N)N)ccc3O)c(F)c(Oc3cccc(C#CC(N)=O)c3)c2F)c1. The van der Waals surface area contributed by atoms with Crippen molar-refractivity contribution in [2.45, 2.75) is 0 Å². The van der Waals surface area contributed by atoms with Crippen LogP contribution in [-0.4, -0.2) is 52.7 Å². The van der Waals surface area contributed by atoms with Gasteiger partial charge in [0.25, 0.3) is 17.7 Å². The van der Waals surface area contributed by atoms with Gasteiger partial charge in [0, 0.05) is 30.3 Å². The maximum atomic E-state index is 15.9. The van der Waals surface area contributed by atoms with E-state index in [4.69, 9.17) is 31.1 Å². The highest BCUT2D eigenvalue weighted by atomic mass is 19.1. The number of amidine groups is 2. The second-order valence-corrected chi connectivity index (χ2v) is 9.38. The molecular weight excluding hydrogens is 574 g/mol. The third-order valence-corrected chi connectivity index (χ3v) is 6.20. The van der Waals surface area contributed by atoms with Crippen LogP contribution in [-0.2, 0) is 4.79 Å². The monoisotopic (exact) mass is 598 g/mol. The average molecular weight is 599 g/mol. The Morgan fingerprint density at radius 1 is 0.977 bits per heavy atom. The maximum absolute atomic E-state index is 15.9. The molecule has 0 atom stereocenters. The van der Waals surface area contributed by atoms with E-state index in [1.165, 1.54) is 42.5 Å². The van der Waals surface area contributed by atoms with Crippen molar-refractivity contribution in [3.63, 3.8) is 0 Å². The molecule has 1 aliphatic heterocycles. The maximum Gasteiger partial charge on any atom is 0.293 e. The summed E-state index contributed by atoms with van der Waals surface area (Å²) in [6.45, 7) is 1.36. The molecular formula is C31H24F2N6O5. The van der Waals surface area contributed by atoms with E-state index in [2.05, 4.69) is 21.8 Å². The van der Waals surface area contributed by atoms with Gasteiger partial charge in [-0.25, -0.2) is 0 Å². The van der Waals surface area contributed by atoms with Crippen molar-refractivity contribution in [3.8, 4) is 52.3 Å². The van der Waals surface area contributed by atoms with E-state index in [1.807, 2.05) is 18.0 Å². The molecule has 3 aromatic carbocycles. The highest BCUT2D eigenvalue weighted by Gasteiger charge is 2.27. The molecule has 4 aromatic rings. The van der Waals surface area contributed by atoms with Gasteiger partial charge in [-0.1, -0.05) is 24.1 Å². The zero-order chi connectivity index (χ0) is 31.4. The van der Waals surface area contributed by atoms with Gasteiger partial charge in [-0.05, 0) is 54.5 Å². The number of aromatic hydroxyl groups is 1. The largest absolute Gasteiger partial charge is 0.504 e. The fraction of sp³-hybridized carbons (Fsp3) is 0.0968. The number of hydrogen-bond acceptors (Lipinski definition) is 9. The van der Waals surface area contributed by atoms with Gasteiger partial charge in [0.2, 0.25) is 17.4 Å². The first-order chi connectivity index (χ1) is 21.1. The molecule has 5 rings (SSSR count). The third kappa shape index (κ3) is 6.50. The van der Waals surface area contributed by atoms with Crippen molar-refractivity contribution in [1.29, 1.82) is 5.41 Å². The first kappa shape index (κ1) is 29.3. The molecule has 0 spiro atoms. The molecule has 0 fully saturated rings. The van der Waals surface area contributed by atoms with E-state index in [1.54, 1.807) is 18.2 Å². The number of nitrogens with two attached hydrogens (primary N) is 2. The fourth-order valence-electron chi connectivity index (χ4n) is 4.12. The summed E-state index contributed by atoms with van der Waals surface area (Å²) >= 11 is 0. The Balaban J connectivity index is 1.57. The zero-order valence-corrected chi connectivity index (χ0v) is 23.1. The van der Waals surface area contributed by atoms with Gasteiger partial charge in [0.1, 0.15) is 23.2 Å². The van der Waals surface area contributed by atoms with Crippen LogP contribution in [0, 0.1) is 28.9 Å². The van der Waals surface area contributed by atoms with Crippen molar-refractivity contribution in [3.05, 3.63) is 95.1 Å². The van der Waals surface area contributed by atoms with Gasteiger partial charge in [-0.3, -0.25) is 15.2 Å². The number of amides is 1. The van der Waals surface area contributed by atoms with Gasteiger partial charge in [-0.2, -0.15) is 13.8 Å². The average Bonchev–Trinajstić information content (AvgIpc) is 3.43.